The van der Waals surface area contributed by atoms with Crippen molar-refractivity contribution in [2.45, 2.75) is 110 Å². The minimum atomic E-state index is -1.01. The fraction of sp³-hybridized carbons (Fsp3) is 0.512. The van der Waals surface area contributed by atoms with Crippen molar-refractivity contribution in [1.82, 2.24) is 0 Å². The van der Waals surface area contributed by atoms with Crippen molar-refractivity contribution in [2.24, 2.45) is 17.8 Å². The minimum absolute atomic E-state index is 0.0390. The van der Waals surface area contributed by atoms with Gasteiger partial charge in [0.1, 0.15) is 0 Å². The van der Waals surface area contributed by atoms with Gasteiger partial charge in [0.15, 0.2) is 23.2 Å². The summed E-state index contributed by atoms with van der Waals surface area (Å²) >= 11 is 0. The lowest BCUT2D eigenvalue weighted by atomic mass is 9.68. The van der Waals surface area contributed by atoms with E-state index in [0.717, 1.165) is 56.8 Å². The van der Waals surface area contributed by atoms with E-state index in [0.29, 0.717) is 29.2 Å². The van der Waals surface area contributed by atoms with Gasteiger partial charge in [0.05, 0.1) is 6.61 Å². The molecule has 0 unspecified atom stereocenters. The summed E-state index contributed by atoms with van der Waals surface area (Å²) in [4.78, 5) is 0. The molecular weight excluding hydrogens is 584 g/mol. The summed E-state index contributed by atoms with van der Waals surface area (Å²) in [6.45, 7) is 4.61. The second-order valence-electron chi connectivity index (χ2n) is 13.6. The van der Waals surface area contributed by atoms with Gasteiger partial charge in [0.2, 0.25) is 5.82 Å². The Bertz CT molecular complexity index is 1430. The van der Waals surface area contributed by atoms with Crippen molar-refractivity contribution in [3.8, 4) is 28.0 Å². The summed E-state index contributed by atoms with van der Waals surface area (Å²) in [7, 11) is 0. The van der Waals surface area contributed by atoms with E-state index in [1.54, 1.807) is 36.4 Å². The molecule has 0 bridgehead atoms. The SMILES string of the molecule is CC=CC1CCC(C2CCC(c3ccc(-c4ccc(-c5ccc(OCCCCCCCC)c(F)c5F)cc4)c(F)c3F)CC2)CC1. The predicted octanol–water partition coefficient (Wildman–Crippen LogP) is 13.0. The van der Waals surface area contributed by atoms with E-state index in [1.807, 2.05) is 0 Å². The molecule has 0 spiro atoms. The Hall–Kier alpha value is -3.08. The number of ether oxygens (including phenoxy) is 1. The Kier molecular flexibility index (Phi) is 12.4. The Morgan fingerprint density at radius 2 is 1.15 bits per heavy atom. The van der Waals surface area contributed by atoms with Crippen LogP contribution in [-0.4, -0.2) is 6.61 Å². The Morgan fingerprint density at radius 1 is 0.609 bits per heavy atom. The first kappa shape index (κ1) is 34.3. The van der Waals surface area contributed by atoms with E-state index in [9.17, 15) is 4.39 Å². The molecule has 3 aromatic carbocycles. The van der Waals surface area contributed by atoms with Crippen LogP contribution in [0.15, 0.2) is 60.7 Å². The zero-order chi connectivity index (χ0) is 32.5. The highest BCUT2D eigenvalue weighted by atomic mass is 19.2. The summed E-state index contributed by atoms with van der Waals surface area (Å²) in [5.74, 6) is -1.48. The molecule has 248 valence electrons. The summed E-state index contributed by atoms with van der Waals surface area (Å²) in [6, 6.07) is 12.8. The normalized spacial score (nSPS) is 22.0. The summed E-state index contributed by atoms with van der Waals surface area (Å²) < 4.78 is 66.3. The Morgan fingerprint density at radius 3 is 1.76 bits per heavy atom. The van der Waals surface area contributed by atoms with Crippen molar-refractivity contribution in [2.75, 3.05) is 6.61 Å². The van der Waals surface area contributed by atoms with Crippen molar-refractivity contribution >= 4 is 0 Å². The highest BCUT2D eigenvalue weighted by Gasteiger charge is 2.32. The van der Waals surface area contributed by atoms with Crippen LogP contribution >= 0.6 is 0 Å². The maximum absolute atomic E-state index is 15.5. The number of halogens is 4. The van der Waals surface area contributed by atoms with Gasteiger partial charge in [-0.1, -0.05) is 87.6 Å². The van der Waals surface area contributed by atoms with Crippen LogP contribution < -0.4 is 4.74 Å². The molecule has 0 aromatic heterocycles. The van der Waals surface area contributed by atoms with Crippen LogP contribution in [0.5, 0.6) is 5.75 Å². The van der Waals surface area contributed by atoms with Gasteiger partial charge in [0.25, 0.3) is 0 Å². The smallest absolute Gasteiger partial charge is 0.201 e. The van der Waals surface area contributed by atoms with E-state index in [-0.39, 0.29) is 22.8 Å². The zero-order valence-electron chi connectivity index (χ0n) is 27.6. The van der Waals surface area contributed by atoms with E-state index >= 15 is 13.2 Å². The number of unbranched alkanes of at least 4 members (excludes halogenated alkanes) is 5. The lowest BCUT2D eigenvalue weighted by Gasteiger charge is -2.37. The van der Waals surface area contributed by atoms with Crippen molar-refractivity contribution in [3.05, 3.63) is 89.5 Å². The minimum Gasteiger partial charge on any atom is -0.490 e. The highest BCUT2D eigenvalue weighted by Crippen LogP contribution is 2.45. The van der Waals surface area contributed by atoms with Gasteiger partial charge < -0.3 is 4.74 Å². The molecule has 2 saturated carbocycles. The number of benzene rings is 3. The molecule has 0 atom stereocenters. The van der Waals surface area contributed by atoms with Crippen LogP contribution in [0, 0.1) is 41.0 Å². The van der Waals surface area contributed by atoms with Crippen LogP contribution in [0.4, 0.5) is 17.6 Å². The molecule has 3 aromatic rings. The monoisotopic (exact) mass is 634 g/mol. The fourth-order valence-corrected chi connectivity index (χ4v) is 7.85. The van der Waals surface area contributed by atoms with Gasteiger partial charge in [-0.3, -0.25) is 0 Å². The number of hydrogen-bond donors (Lipinski definition) is 0. The number of hydrogen-bond acceptors (Lipinski definition) is 1. The van der Waals surface area contributed by atoms with Crippen molar-refractivity contribution in [1.29, 1.82) is 0 Å². The molecule has 46 heavy (non-hydrogen) atoms. The molecule has 0 N–H and O–H groups in total. The maximum Gasteiger partial charge on any atom is 0.201 e. The maximum atomic E-state index is 15.5. The van der Waals surface area contributed by atoms with E-state index in [1.165, 1.54) is 57.1 Å². The van der Waals surface area contributed by atoms with Gasteiger partial charge in [0, 0.05) is 11.1 Å². The van der Waals surface area contributed by atoms with Crippen molar-refractivity contribution < 1.29 is 22.3 Å². The predicted molar refractivity (Wildman–Crippen MR) is 181 cm³/mol. The topological polar surface area (TPSA) is 9.23 Å². The lowest BCUT2D eigenvalue weighted by Crippen LogP contribution is -2.25. The second kappa shape index (κ2) is 16.7. The van der Waals surface area contributed by atoms with Gasteiger partial charge in [-0.25, -0.2) is 13.2 Å². The number of rotatable bonds is 13. The standard InChI is InChI=1S/C41H50F4O/c1-3-5-6-7-8-9-27-46-37-26-25-36(40(44)41(37)45)33-21-19-32(20-22-33)35-24-23-34(38(42)39(35)43)31-17-15-30(16-18-31)29-13-11-28(10-4-2)12-14-29/h4,10,19-26,28-31H,3,5-9,11-18,27H2,1-2H3. The van der Waals surface area contributed by atoms with Crippen LogP contribution in [0.25, 0.3) is 22.3 Å². The zero-order valence-corrected chi connectivity index (χ0v) is 27.6. The first-order chi connectivity index (χ1) is 22.4. The third kappa shape index (κ3) is 8.25. The first-order valence-corrected chi connectivity index (χ1v) is 17.7. The van der Waals surface area contributed by atoms with E-state index in [4.69, 9.17) is 4.74 Å². The van der Waals surface area contributed by atoms with Crippen LogP contribution in [0.2, 0.25) is 0 Å². The largest absolute Gasteiger partial charge is 0.490 e. The Labute approximate surface area is 273 Å². The fourth-order valence-electron chi connectivity index (χ4n) is 7.85. The van der Waals surface area contributed by atoms with E-state index in [2.05, 4.69) is 26.0 Å². The number of allylic oxidation sites excluding steroid dienone is 2. The van der Waals surface area contributed by atoms with Crippen LogP contribution in [-0.2, 0) is 0 Å². The molecule has 2 aliphatic rings. The molecule has 2 aliphatic carbocycles. The van der Waals surface area contributed by atoms with Gasteiger partial charge in [-0.05, 0) is 117 Å². The summed E-state index contributed by atoms with van der Waals surface area (Å²) in [5.41, 5.74) is 1.68. The molecule has 5 rings (SSSR count). The molecule has 2 fully saturated rings. The average molecular weight is 635 g/mol. The van der Waals surface area contributed by atoms with Crippen molar-refractivity contribution in [3.63, 3.8) is 0 Å². The quantitative estimate of drug-likeness (QED) is 0.103. The molecule has 5 heteroatoms. The lowest BCUT2D eigenvalue weighted by molar-refractivity contribution is 0.170. The second-order valence-corrected chi connectivity index (χ2v) is 13.6. The van der Waals surface area contributed by atoms with Gasteiger partial charge in [-0.2, -0.15) is 4.39 Å². The van der Waals surface area contributed by atoms with Crippen LogP contribution in [0.1, 0.15) is 115 Å². The molecule has 0 saturated heterocycles. The molecule has 0 aliphatic heterocycles. The van der Waals surface area contributed by atoms with Crippen LogP contribution in [0.3, 0.4) is 0 Å². The molecule has 0 heterocycles. The molecule has 1 nitrogen and oxygen atoms in total. The van der Waals surface area contributed by atoms with Gasteiger partial charge in [-0.15, -0.1) is 0 Å². The molecule has 0 radical (unpaired) electrons. The molecular formula is C41H50F4O. The average Bonchev–Trinajstić information content (AvgIpc) is 3.08. The Balaban J connectivity index is 1.18. The van der Waals surface area contributed by atoms with Gasteiger partial charge >= 0.3 is 0 Å². The summed E-state index contributed by atoms with van der Waals surface area (Å²) in [5, 5.41) is 0. The third-order valence-electron chi connectivity index (χ3n) is 10.6. The molecule has 0 amide bonds. The first-order valence-electron chi connectivity index (χ1n) is 17.7. The highest BCUT2D eigenvalue weighted by molar-refractivity contribution is 5.72. The van der Waals surface area contributed by atoms with E-state index < -0.39 is 23.3 Å². The third-order valence-corrected chi connectivity index (χ3v) is 10.6. The summed E-state index contributed by atoms with van der Waals surface area (Å²) in [6.07, 6.45) is 20.0.